The summed E-state index contributed by atoms with van der Waals surface area (Å²) in [6, 6.07) is 2.51. The Morgan fingerprint density at radius 3 is 2.73 bits per heavy atom. The average Bonchev–Trinajstić information content (AvgIpc) is 3.11. The van der Waals surface area contributed by atoms with E-state index in [2.05, 4.69) is 10.0 Å². The molecule has 2 unspecified atom stereocenters. The van der Waals surface area contributed by atoms with E-state index in [-0.39, 0.29) is 28.9 Å². The summed E-state index contributed by atoms with van der Waals surface area (Å²) < 4.78 is 50.0. The van der Waals surface area contributed by atoms with Crippen LogP contribution in [0.4, 0.5) is 18.9 Å². The van der Waals surface area contributed by atoms with Crippen LogP contribution < -0.4 is 10.0 Å². The second-order valence-corrected chi connectivity index (χ2v) is 6.66. The molecule has 0 aliphatic carbocycles. The number of aliphatic hydroxyl groups excluding tert-OH is 1. The Balaban J connectivity index is 1.72. The minimum atomic E-state index is -1.12. The number of hydrogen-bond donors (Lipinski definition) is 3. The molecule has 1 saturated heterocycles. The van der Waals surface area contributed by atoms with Crippen molar-refractivity contribution >= 4 is 23.5 Å². The highest BCUT2D eigenvalue weighted by Crippen LogP contribution is 2.26. The largest absolute Gasteiger partial charge is 0.389 e. The molecule has 0 saturated carbocycles. The zero-order valence-corrected chi connectivity index (χ0v) is 14.4. The second kappa shape index (κ2) is 7.70. The molecule has 26 heavy (non-hydrogen) atoms. The minimum Gasteiger partial charge on any atom is -0.389 e. The van der Waals surface area contributed by atoms with Crippen LogP contribution in [0.1, 0.15) is 10.5 Å². The molecule has 140 valence electrons. The molecule has 1 aromatic carbocycles. The third kappa shape index (κ3) is 3.88. The molecule has 3 rings (SSSR count). The Hall–Kier alpha value is -2.01. The Morgan fingerprint density at radius 2 is 2.08 bits per heavy atom. The van der Waals surface area contributed by atoms with Crippen LogP contribution in [0, 0.1) is 17.5 Å². The first-order valence-electron chi connectivity index (χ1n) is 7.66. The van der Waals surface area contributed by atoms with E-state index >= 15 is 0 Å². The van der Waals surface area contributed by atoms with Gasteiger partial charge in [-0.1, -0.05) is 0 Å². The number of hydrogen-bond acceptors (Lipinski definition) is 5. The molecule has 1 aromatic heterocycles. The highest BCUT2D eigenvalue weighted by molar-refractivity contribution is 7.97. The number of carbonyl (C=O) groups excluding carboxylic acids is 1. The number of amides is 1. The molecule has 6 nitrogen and oxygen atoms in total. The van der Waals surface area contributed by atoms with E-state index in [1.54, 1.807) is 0 Å². The molecule has 10 heteroatoms. The fourth-order valence-corrected chi connectivity index (χ4v) is 3.36. The summed E-state index contributed by atoms with van der Waals surface area (Å²) in [5, 5.41) is 12.0. The lowest BCUT2D eigenvalue weighted by Gasteiger charge is -2.12. The van der Waals surface area contributed by atoms with Crippen LogP contribution in [-0.2, 0) is 11.8 Å². The molecular weight excluding hydrogens is 371 g/mol. The molecule has 0 spiro atoms. The van der Waals surface area contributed by atoms with E-state index in [4.69, 9.17) is 4.74 Å². The maximum absolute atomic E-state index is 14.6. The number of benzene rings is 1. The smallest absolute Gasteiger partial charge is 0.275 e. The maximum Gasteiger partial charge on any atom is 0.275 e. The van der Waals surface area contributed by atoms with E-state index in [0.717, 1.165) is 24.1 Å². The van der Waals surface area contributed by atoms with Gasteiger partial charge in [-0.25, -0.2) is 13.2 Å². The first-order valence-corrected chi connectivity index (χ1v) is 8.48. The van der Waals surface area contributed by atoms with E-state index in [1.165, 1.54) is 23.9 Å². The van der Waals surface area contributed by atoms with Crippen LogP contribution >= 0.6 is 11.9 Å². The topological polar surface area (TPSA) is 75.5 Å². The van der Waals surface area contributed by atoms with Gasteiger partial charge in [-0.3, -0.25) is 9.52 Å². The molecule has 3 N–H and O–H groups in total. The van der Waals surface area contributed by atoms with Crippen molar-refractivity contribution in [3.05, 3.63) is 47.5 Å². The van der Waals surface area contributed by atoms with E-state index in [9.17, 15) is 23.1 Å². The van der Waals surface area contributed by atoms with Crippen molar-refractivity contribution in [3.63, 3.8) is 0 Å². The summed E-state index contributed by atoms with van der Waals surface area (Å²) in [5.74, 6) is -3.73. The van der Waals surface area contributed by atoms with Crippen LogP contribution in [0.5, 0.6) is 0 Å². The van der Waals surface area contributed by atoms with Crippen LogP contribution in [0.3, 0.4) is 0 Å². The molecule has 1 aliphatic heterocycles. The lowest BCUT2D eigenvalue weighted by Crippen LogP contribution is -2.34. The number of ether oxygens (including phenoxy) is 1. The van der Waals surface area contributed by atoms with Crippen molar-refractivity contribution < 1.29 is 27.8 Å². The number of rotatable bonds is 5. The average molecular weight is 387 g/mol. The zero-order valence-electron chi connectivity index (χ0n) is 13.6. The van der Waals surface area contributed by atoms with Gasteiger partial charge in [-0.2, -0.15) is 0 Å². The lowest BCUT2D eigenvalue weighted by molar-refractivity contribution is 0.101. The number of nitrogens with one attached hydrogen (secondary N) is 2. The Kier molecular flexibility index (Phi) is 5.56. The monoisotopic (exact) mass is 387 g/mol. The normalized spacial score (nSPS) is 19.7. The van der Waals surface area contributed by atoms with Gasteiger partial charge in [0.1, 0.15) is 5.69 Å². The molecule has 1 fully saturated rings. The quantitative estimate of drug-likeness (QED) is 0.685. The predicted molar refractivity (Wildman–Crippen MR) is 89.3 cm³/mol. The van der Waals surface area contributed by atoms with E-state index in [1.807, 2.05) is 0 Å². The van der Waals surface area contributed by atoms with Gasteiger partial charge in [-0.15, -0.1) is 0 Å². The Morgan fingerprint density at radius 1 is 1.31 bits per heavy atom. The second-order valence-electron chi connectivity index (χ2n) is 5.78. The summed E-state index contributed by atoms with van der Waals surface area (Å²) in [7, 11) is 1.49. The fourth-order valence-electron chi connectivity index (χ4n) is 2.46. The molecule has 2 atom stereocenters. The summed E-state index contributed by atoms with van der Waals surface area (Å²) >= 11 is 0.936. The van der Waals surface area contributed by atoms with E-state index in [0.29, 0.717) is 6.61 Å². The Labute approximate surface area is 151 Å². The Bertz CT molecular complexity index is 831. The number of carbonyl (C=O) groups is 1. The number of nitrogens with zero attached hydrogens (tertiary/aromatic N) is 1. The van der Waals surface area contributed by atoms with Crippen LogP contribution in [0.15, 0.2) is 29.3 Å². The number of aromatic nitrogens is 1. The van der Waals surface area contributed by atoms with Gasteiger partial charge in [0.15, 0.2) is 17.5 Å². The molecule has 0 bridgehead atoms. The van der Waals surface area contributed by atoms with Crippen molar-refractivity contribution in [1.29, 1.82) is 0 Å². The standard InChI is InChI=1S/C16H16F3N3O3S/c1-22-5-13(26-21-11-6-25-7-12(11)23)14(19)15(22)16(24)20-8-2-3-9(17)10(18)4-8/h2-5,11-12,21,23H,6-7H2,1H3,(H,20,24). The minimum absolute atomic E-state index is 0.00746. The van der Waals surface area contributed by atoms with Crippen LogP contribution in [0.25, 0.3) is 0 Å². The third-order valence-corrected chi connectivity index (χ3v) is 4.78. The van der Waals surface area contributed by atoms with Gasteiger partial charge in [0.25, 0.3) is 5.91 Å². The van der Waals surface area contributed by atoms with Crippen LogP contribution in [0.2, 0.25) is 0 Å². The summed E-state index contributed by atoms with van der Waals surface area (Å²) in [5.41, 5.74) is -0.254. The van der Waals surface area contributed by atoms with Crippen molar-refractivity contribution in [1.82, 2.24) is 9.29 Å². The molecule has 2 heterocycles. The van der Waals surface area contributed by atoms with E-state index < -0.39 is 29.5 Å². The van der Waals surface area contributed by atoms with Gasteiger partial charge in [0.2, 0.25) is 0 Å². The summed E-state index contributed by atoms with van der Waals surface area (Å²) in [4.78, 5) is 12.5. The molecule has 0 radical (unpaired) electrons. The first-order chi connectivity index (χ1) is 12.4. The highest BCUT2D eigenvalue weighted by atomic mass is 32.2. The first kappa shape index (κ1) is 18.8. The van der Waals surface area contributed by atoms with Crippen molar-refractivity contribution in [2.45, 2.75) is 17.0 Å². The van der Waals surface area contributed by atoms with Crippen molar-refractivity contribution in [2.24, 2.45) is 7.05 Å². The van der Waals surface area contributed by atoms with Gasteiger partial charge in [-0.05, 0) is 24.1 Å². The van der Waals surface area contributed by atoms with Gasteiger partial charge in [0.05, 0.1) is 30.3 Å². The zero-order chi connectivity index (χ0) is 18.8. The van der Waals surface area contributed by atoms with Crippen molar-refractivity contribution in [3.8, 4) is 0 Å². The number of aryl methyl sites for hydroxylation is 1. The number of anilines is 1. The highest BCUT2D eigenvalue weighted by Gasteiger charge is 2.27. The maximum atomic E-state index is 14.6. The van der Waals surface area contributed by atoms with Crippen molar-refractivity contribution in [2.75, 3.05) is 18.5 Å². The lowest BCUT2D eigenvalue weighted by atomic mass is 10.2. The molecule has 1 aliphatic rings. The molecular formula is C16H16F3N3O3S. The molecule has 2 aromatic rings. The predicted octanol–water partition coefficient (Wildman–Crippen LogP) is 2.05. The van der Waals surface area contributed by atoms with Gasteiger partial charge < -0.3 is 19.7 Å². The van der Waals surface area contributed by atoms with Gasteiger partial charge in [0, 0.05) is 25.0 Å². The summed E-state index contributed by atoms with van der Waals surface area (Å²) in [6.07, 6.45) is 0.723. The van der Waals surface area contributed by atoms with Gasteiger partial charge >= 0.3 is 0 Å². The number of aliphatic hydroxyl groups is 1. The fraction of sp³-hybridized carbons (Fsp3) is 0.312. The summed E-state index contributed by atoms with van der Waals surface area (Å²) in [6.45, 7) is 0.503. The SMILES string of the molecule is Cn1cc(SNC2COCC2O)c(F)c1C(=O)Nc1ccc(F)c(F)c1. The number of halogens is 3. The van der Waals surface area contributed by atoms with Crippen LogP contribution in [-0.4, -0.2) is 40.9 Å². The third-order valence-electron chi connectivity index (χ3n) is 3.85. The molecule has 1 amide bonds.